The number of hydrogen-bond acceptors (Lipinski definition) is 3. The molecule has 0 aromatic rings. The molecule has 0 N–H and O–H groups in total. The number of rotatable bonds is 3. The fourth-order valence-corrected chi connectivity index (χ4v) is 0.783. The molecule has 0 aromatic heterocycles. The maximum absolute atomic E-state index is 13.0. The van der Waals surface area contributed by atoms with Crippen LogP contribution in [-0.2, 0) is 9.53 Å². The highest BCUT2D eigenvalue weighted by molar-refractivity contribution is 5.81. The molecular formula is C10H18FNO3. The third-order valence-electron chi connectivity index (χ3n) is 1.58. The quantitative estimate of drug-likeness (QED) is 0.726. The van der Waals surface area contributed by atoms with Crippen molar-refractivity contribution >= 4 is 11.9 Å². The molecule has 15 heavy (non-hydrogen) atoms. The van der Waals surface area contributed by atoms with Crippen LogP contribution in [0.3, 0.4) is 0 Å². The van der Waals surface area contributed by atoms with E-state index >= 15 is 0 Å². The largest absolute Gasteiger partial charge is 0.444 e. The van der Waals surface area contributed by atoms with Gasteiger partial charge in [-0.15, -0.1) is 0 Å². The molecule has 88 valence electrons. The smallest absolute Gasteiger partial charge is 0.410 e. The Balaban J connectivity index is 4.17. The molecule has 4 nitrogen and oxygen atoms in total. The minimum atomic E-state index is -1.65. The van der Waals surface area contributed by atoms with Crippen molar-refractivity contribution in [3.05, 3.63) is 0 Å². The molecule has 0 fully saturated rings. The van der Waals surface area contributed by atoms with Gasteiger partial charge in [0, 0.05) is 7.05 Å². The van der Waals surface area contributed by atoms with E-state index in [0.29, 0.717) is 0 Å². The van der Waals surface area contributed by atoms with Crippen molar-refractivity contribution in [1.29, 1.82) is 0 Å². The van der Waals surface area contributed by atoms with E-state index in [2.05, 4.69) is 0 Å². The lowest BCUT2D eigenvalue weighted by Crippen LogP contribution is -2.39. The van der Waals surface area contributed by atoms with Crippen molar-refractivity contribution in [2.24, 2.45) is 0 Å². The topological polar surface area (TPSA) is 46.6 Å². The minimum absolute atomic E-state index is 0.274. The van der Waals surface area contributed by atoms with E-state index in [1.165, 1.54) is 7.05 Å². The number of carbonyl (C=O) groups excluding carboxylic acids is 2. The number of alkyl halides is 1. The van der Waals surface area contributed by atoms with E-state index in [4.69, 9.17) is 4.74 Å². The minimum Gasteiger partial charge on any atom is -0.444 e. The van der Waals surface area contributed by atoms with Gasteiger partial charge in [0.2, 0.25) is 0 Å². The molecule has 0 aliphatic heterocycles. The Kier molecular flexibility index (Phi) is 4.71. The Bertz CT molecular complexity index is 248. The molecule has 1 atom stereocenters. The molecule has 0 aliphatic rings. The van der Waals surface area contributed by atoms with Gasteiger partial charge in [-0.05, 0) is 27.7 Å². The number of ether oxygens (including phenoxy) is 1. The first-order valence-corrected chi connectivity index (χ1v) is 4.72. The maximum atomic E-state index is 13.0. The van der Waals surface area contributed by atoms with Crippen molar-refractivity contribution in [3.8, 4) is 0 Å². The molecule has 0 saturated heterocycles. The third-order valence-corrected chi connectivity index (χ3v) is 1.58. The first-order chi connectivity index (χ1) is 6.63. The molecule has 1 unspecified atom stereocenters. The highest BCUT2D eigenvalue weighted by Gasteiger charge is 2.23. The van der Waals surface area contributed by atoms with Gasteiger partial charge in [0.15, 0.2) is 12.0 Å². The fraction of sp³-hybridized carbons (Fsp3) is 0.800. The number of Topliss-reactive ketones (excluding diaryl/α,β-unsaturated/α-hetero) is 1. The Hall–Kier alpha value is -1.13. The van der Waals surface area contributed by atoms with Gasteiger partial charge >= 0.3 is 6.09 Å². The average molecular weight is 219 g/mol. The van der Waals surface area contributed by atoms with Crippen LogP contribution in [0.2, 0.25) is 0 Å². The van der Waals surface area contributed by atoms with Crippen LogP contribution in [0.15, 0.2) is 0 Å². The molecule has 0 saturated carbocycles. The summed E-state index contributed by atoms with van der Waals surface area (Å²) >= 11 is 0. The molecule has 0 heterocycles. The SMILES string of the molecule is CC(=O)C(F)CN(C)C(=O)OC(C)(C)C. The van der Waals surface area contributed by atoms with E-state index < -0.39 is 23.6 Å². The summed E-state index contributed by atoms with van der Waals surface area (Å²) in [5, 5.41) is 0. The molecule has 0 aromatic carbocycles. The number of carbonyl (C=O) groups is 2. The van der Waals surface area contributed by atoms with Gasteiger partial charge in [0.05, 0.1) is 6.54 Å². The molecule has 0 aliphatic carbocycles. The number of amides is 1. The summed E-state index contributed by atoms with van der Waals surface area (Å²) in [4.78, 5) is 23.0. The van der Waals surface area contributed by atoms with E-state index in [1.807, 2.05) is 0 Å². The summed E-state index contributed by atoms with van der Waals surface area (Å²) in [6, 6.07) is 0. The first-order valence-electron chi connectivity index (χ1n) is 4.72. The van der Waals surface area contributed by atoms with Gasteiger partial charge in [0.25, 0.3) is 0 Å². The van der Waals surface area contributed by atoms with Crippen LogP contribution in [0.25, 0.3) is 0 Å². The van der Waals surface area contributed by atoms with Gasteiger partial charge in [-0.25, -0.2) is 9.18 Å². The molecule has 0 rings (SSSR count). The monoisotopic (exact) mass is 219 g/mol. The van der Waals surface area contributed by atoms with Crippen molar-refractivity contribution in [1.82, 2.24) is 4.90 Å². The lowest BCUT2D eigenvalue weighted by molar-refractivity contribution is -0.122. The molecule has 5 heteroatoms. The summed E-state index contributed by atoms with van der Waals surface area (Å²) < 4.78 is 18.0. The molecule has 0 radical (unpaired) electrons. The first kappa shape index (κ1) is 13.9. The van der Waals surface area contributed by atoms with E-state index in [1.54, 1.807) is 20.8 Å². The lowest BCUT2D eigenvalue weighted by Gasteiger charge is -2.25. The Labute approximate surface area is 89.4 Å². The standard InChI is InChI=1S/C10H18FNO3/c1-7(13)8(11)6-12(5)9(14)15-10(2,3)4/h8H,6H2,1-5H3. The van der Waals surface area contributed by atoms with E-state index in [9.17, 15) is 14.0 Å². The van der Waals surface area contributed by atoms with Gasteiger partial charge in [-0.2, -0.15) is 0 Å². The van der Waals surface area contributed by atoms with Gasteiger partial charge < -0.3 is 9.64 Å². The molecule has 1 amide bonds. The van der Waals surface area contributed by atoms with Crippen molar-refractivity contribution in [2.75, 3.05) is 13.6 Å². The second kappa shape index (κ2) is 5.09. The summed E-state index contributed by atoms with van der Waals surface area (Å²) in [7, 11) is 1.39. The Morgan fingerprint density at radius 3 is 2.20 bits per heavy atom. The maximum Gasteiger partial charge on any atom is 0.410 e. The molecular weight excluding hydrogens is 201 g/mol. The number of nitrogens with zero attached hydrogens (tertiary/aromatic N) is 1. The number of halogens is 1. The Morgan fingerprint density at radius 2 is 1.87 bits per heavy atom. The predicted molar refractivity (Wildman–Crippen MR) is 54.4 cm³/mol. The second-order valence-electron chi connectivity index (χ2n) is 4.44. The van der Waals surface area contributed by atoms with Gasteiger partial charge in [-0.3, -0.25) is 4.79 Å². The molecule has 0 spiro atoms. The van der Waals surface area contributed by atoms with Crippen molar-refractivity contribution in [2.45, 2.75) is 39.5 Å². The number of ketones is 1. The van der Waals surface area contributed by atoms with Crippen LogP contribution in [-0.4, -0.2) is 42.1 Å². The Morgan fingerprint density at radius 1 is 1.40 bits per heavy atom. The molecule has 0 bridgehead atoms. The van der Waals surface area contributed by atoms with Crippen molar-refractivity contribution in [3.63, 3.8) is 0 Å². The highest BCUT2D eigenvalue weighted by Crippen LogP contribution is 2.09. The zero-order chi connectivity index (χ0) is 12.2. The van der Waals surface area contributed by atoms with E-state index in [-0.39, 0.29) is 6.54 Å². The second-order valence-corrected chi connectivity index (χ2v) is 4.44. The summed E-state index contributed by atoms with van der Waals surface area (Å²) in [6.45, 7) is 6.03. The lowest BCUT2D eigenvalue weighted by atomic mass is 10.2. The van der Waals surface area contributed by atoms with Crippen molar-refractivity contribution < 1.29 is 18.7 Å². The van der Waals surface area contributed by atoms with Crippen LogP contribution in [0, 0.1) is 0 Å². The average Bonchev–Trinajstić information content (AvgIpc) is 2.00. The number of hydrogen-bond donors (Lipinski definition) is 0. The highest BCUT2D eigenvalue weighted by atomic mass is 19.1. The van der Waals surface area contributed by atoms with Crippen LogP contribution >= 0.6 is 0 Å². The normalized spacial score (nSPS) is 13.2. The summed E-state index contributed by atoms with van der Waals surface area (Å²) in [5.74, 6) is -0.592. The van der Waals surface area contributed by atoms with Gasteiger partial charge in [0.1, 0.15) is 5.60 Å². The summed E-state index contributed by atoms with van der Waals surface area (Å²) in [6.07, 6.45) is -2.28. The third kappa shape index (κ3) is 6.04. The fourth-order valence-electron chi connectivity index (χ4n) is 0.783. The van der Waals surface area contributed by atoms with Crippen LogP contribution in [0.4, 0.5) is 9.18 Å². The van der Waals surface area contributed by atoms with Crippen LogP contribution in [0.5, 0.6) is 0 Å². The van der Waals surface area contributed by atoms with Gasteiger partial charge in [-0.1, -0.05) is 0 Å². The van der Waals surface area contributed by atoms with Crippen LogP contribution in [0.1, 0.15) is 27.7 Å². The predicted octanol–water partition coefficient (Wildman–Crippen LogP) is 1.78. The summed E-state index contributed by atoms with van der Waals surface area (Å²) in [5.41, 5.74) is -0.618. The van der Waals surface area contributed by atoms with Crippen LogP contribution < -0.4 is 0 Å². The van der Waals surface area contributed by atoms with E-state index in [0.717, 1.165) is 11.8 Å². The zero-order valence-corrected chi connectivity index (χ0v) is 9.83. The zero-order valence-electron chi connectivity index (χ0n) is 9.83.